The third kappa shape index (κ3) is 4.40. The Labute approximate surface area is 132 Å². The van der Waals surface area contributed by atoms with Crippen molar-refractivity contribution in [2.75, 3.05) is 12.4 Å². The summed E-state index contributed by atoms with van der Waals surface area (Å²) in [7, 11) is 2.13. The number of aromatic nitrogens is 1. The van der Waals surface area contributed by atoms with E-state index in [1.54, 1.807) is 6.20 Å². The molecule has 1 amide bonds. The first-order valence-corrected chi connectivity index (χ1v) is 7.57. The van der Waals surface area contributed by atoms with Crippen LogP contribution in [0.15, 0.2) is 48.8 Å². The molecule has 0 spiro atoms. The van der Waals surface area contributed by atoms with Gasteiger partial charge >= 0.3 is 0 Å². The fourth-order valence-electron chi connectivity index (χ4n) is 2.67. The SMILES string of the molecule is CC[C@H](c1cccnc1)N(C)Cc1ccc(NC(C)=O)cc1. The van der Waals surface area contributed by atoms with Crippen LogP contribution in [0.25, 0.3) is 0 Å². The van der Waals surface area contributed by atoms with E-state index >= 15 is 0 Å². The summed E-state index contributed by atoms with van der Waals surface area (Å²) < 4.78 is 0. The smallest absolute Gasteiger partial charge is 0.221 e. The van der Waals surface area contributed by atoms with Crippen molar-refractivity contribution in [2.24, 2.45) is 0 Å². The summed E-state index contributed by atoms with van der Waals surface area (Å²) in [6.07, 6.45) is 4.77. The molecule has 1 N–H and O–H groups in total. The molecule has 0 aliphatic carbocycles. The highest BCUT2D eigenvalue weighted by atomic mass is 16.1. The van der Waals surface area contributed by atoms with E-state index in [0.717, 1.165) is 18.7 Å². The van der Waals surface area contributed by atoms with Gasteiger partial charge in [0.1, 0.15) is 0 Å². The minimum Gasteiger partial charge on any atom is -0.326 e. The van der Waals surface area contributed by atoms with Gasteiger partial charge in [0.2, 0.25) is 5.91 Å². The van der Waals surface area contributed by atoms with Crippen LogP contribution in [0.2, 0.25) is 0 Å². The van der Waals surface area contributed by atoms with Crippen LogP contribution in [0.4, 0.5) is 5.69 Å². The number of hydrogen-bond donors (Lipinski definition) is 1. The van der Waals surface area contributed by atoms with Crippen LogP contribution in [0.1, 0.15) is 37.4 Å². The van der Waals surface area contributed by atoms with Gasteiger partial charge < -0.3 is 5.32 Å². The fourth-order valence-corrected chi connectivity index (χ4v) is 2.67. The van der Waals surface area contributed by atoms with E-state index in [1.165, 1.54) is 18.1 Å². The van der Waals surface area contributed by atoms with Gasteiger partial charge in [-0.05, 0) is 42.8 Å². The molecule has 2 aromatic rings. The van der Waals surface area contributed by atoms with Crippen molar-refractivity contribution in [3.05, 3.63) is 59.9 Å². The molecule has 116 valence electrons. The Bertz CT molecular complexity index is 595. The molecule has 1 aromatic carbocycles. The van der Waals surface area contributed by atoms with Crippen LogP contribution in [-0.2, 0) is 11.3 Å². The number of nitrogens with one attached hydrogen (secondary N) is 1. The van der Waals surface area contributed by atoms with Gasteiger partial charge in [0.15, 0.2) is 0 Å². The second-order valence-electron chi connectivity index (χ2n) is 5.50. The van der Waals surface area contributed by atoms with E-state index in [2.05, 4.69) is 47.4 Å². The maximum absolute atomic E-state index is 11.0. The Balaban J connectivity index is 2.04. The number of amides is 1. The summed E-state index contributed by atoms with van der Waals surface area (Å²) in [4.78, 5) is 17.6. The second kappa shape index (κ2) is 7.71. The number of rotatable bonds is 6. The molecule has 1 aromatic heterocycles. The van der Waals surface area contributed by atoms with Gasteiger partial charge in [-0.25, -0.2) is 0 Å². The van der Waals surface area contributed by atoms with Crippen molar-refractivity contribution in [3.63, 3.8) is 0 Å². The fraction of sp³-hybridized carbons (Fsp3) is 0.333. The largest absolute Gasteiger partial charge is 0.326 e. The molecular formula is C18H23N3O. The van der Waals surface area contributed by atoms with E-state index in [0.29, 0.717) is 6.04 Å². The molecule has 0 fully saturated rings. The van der Waals surface area contributed by atoms with Crippen molar-refractivity contribution < 1.29 is 4.79 Å². The first-order valence-electron chi connectivity index (χ1n) is 7.57. The quantitative estimate of drug-likeness (QED) is 0.885. The molecule has 0 unspecified atom stereocenters. The van der Waals surface area contributed by atoms with Crippen LogP contribution in [0.5, 0.6) is 0 Å². The minimum atomic E-state index is -0.0486. The zero-order chi connectivity index (χ0) is 15.9. The molecule has 4 nitrogen and oxygen atoms in total. The van der Waals surface area contributed by atoms with Crippen LogP contribution >= 0.6 is 0 Å². The lowest BCUT2D eigenvalue weighted by Gasteiger charge is -2.27. The van der Waals surface area contributed by atoms with Crippen molar-refractivity contribution in [1.29, 1.82) is 0 Å². The lowest BCUT2D eigenvalue weighted by molar-refractivity contribution is -0.114. The van der Waals surface area contributed by atoms with Gasteiger partial charge in [-0.15, -0.1) is 0 Å². The number of carbonyl (C=O) groups is 1. The normalized spacial score (nSPS) is 12.2. The summed E-state index contributed by atoms with van der Waals surface area (Å²) in [6.45, 7) is 4.56. The summed E-state index contributed by atoms with van der Waals surface area (Å²) in [5.41, 5.74) is 3.29. The molecule has 0 radical (unpaired) electrons. The van der Waals surface area contributed by atoms with Crippen molar-refractivity contribution in [1.82, 2.24) is 9.88 Å². The first kappa shape index (κ1) is 16.2. The third-order valence-electron chi connectivity index (χ3n) is 3.69. The molecule has 1 atom stereocenters. The summed E-state index contributed by atoms with van der Waals surface area (Å²) in [5, 5.41) is 2.78. The van der Waals surface area contributed by atoms with Gasteiger partial charge in [-0.1, -0.05) is 25.1 Å². The molecule has 2 rings (SSSR count). The second-order valence-corrected chi connectivity index (χ2v) is 5.50. The van der Waals surface area contributed by atoms with Crippen LogP contribution in [-0.4, -0.2) is 22.8 Å². The van der Waals surface area contributed by atoms with Crippen LogP contribution < -0.4 is 5.32 Å². The Hall–Kier alpha value is -2.20. The monoisotopic (exact) mass is 297 g/mol. The topological polar surface area (TPSA) is 45.2 Å². The zero-order valence-corrected chi connectivity index (χ0v) is 13.4. The summed E-state index contributed by atoms with van der Waals surface area (Å²) in [5.74, 6) is -0.0486. The summed E-state index contributed by atoms with van der Waals surface area (Å²) >= 11 is 0. The Morgan fingerprint density at radius 2 is 2.00 bits per heavy atom. The van der Waals surface area contributed by atoms with Gasteiger partial charge in [0.05, 0.1) is 0 Å². The molecule has 0 saturated heterocycles. The lowest BCUT2D eigenvalue weighted by Crippen LogP contribution is -2.23. The molecule has 22 heavy (non-hydrogen) atoms. The Kier molecular flexibility index (Phi) is 5.67. The van der Waals surface area contributed by atoms with Gasteiger partial charge in [0, 0.05) is 37.6 Å². The molecule has 1 heterocycles. The summed E-state index contributed by atoms with van der Waals surface area (Å²) in [6, 6.07) is 12.4. The minimum absolute atomic E-state index is 0.0486. The predicted molar refractivity (Wildman–Crippen MR) is 89.5 cm³/mol. The van der Waals surface area contributed by atoms with Crippen molar-refractivity contribution >= 4 is 11.6 Å². The highest BCUT2D eigenvalue weighted by Crippen LogP contribution is 2.24. The number of nitrogens with zero attached hydrogens (tertiary/aromatic N) is 2. The predicted octanol–water partition coefficient (Wildman–Crippen LogP) is 3.62. The molecule has 4 heteroatoms. The highest BCUT2D eigenvalue weighted by Gasteiger charge is 2.15. The molecule has 0 saturated carbocycles. The Morgan fingerprint density at radius 1 is 1.27 bits per heavy atom. The number of pyridine rings is 1. The molecule has 0 aliphatic rings. The maximum atomic E-state index is 11.0. The van der Waals surface area contributed by atoms with Crippen LogP contribution in [0.3, 0.4) is 0 Å². The highest BCUT2D eigenvalue weighted by molar-refractivity contribution is 5.88. The van der Waals surface area contributed by atoms with E-state index in [4.69, 9.17) is 0 Å². The zero-order valence-electron chi connectivity index (χ0n) is 13.4. The van der Waals surface area contributed by atoms with Gasteiger partial charge in [0.25, 0.3) is 0 Å². The molecular weight excluding hydrogens is 274 g/mol. The number of carbonyl (C=O) groups excluding carboxylic acids is 1. The molecule has 0 aliphatic heterocycles. The van der Waals surface area contributed by atoms with Gasteiger partial charge in [-0.2, -0.15) is 0 Å². The van der Waals surface area contributed by atoms with E-state index in [-0.39, 0.29) is 5.91 Å². The van der Waals surface area contributed by atoms with Crippen molar-refractivity contribution in [3.8, 4) is 0 Å². The third-order valence-corrected chi connectivity index (χ3v) is 3.69. The average molecular weight is 297 g/mol. The first-order chi connectivity index (χ1) is 10.6. The number of hydrogen-bond acceptors (Lipinski definition) is 3. The molecule has 0 bridgehead atoms. The number of anilines is 1. The van der Waals surface area contributed by atoms with E-state index in [9.17, 15) is 4.79 Å². The average Bonchev–Trinajstić information content (AvgIpc) is 2.50. The maximum Gasteiger partial charge on any atom is 0.221 e. The van der Waals surface area contributed by atoms with Crippen molar-refractivity contribution in [2.45, 2.75) is 32.9 Å². The standard InChI is InChI=1S/C18H23N3O/c1-4-18(16-6-5-11-19-12-16)21(3)13-15-7-9-17(10-8-15)20-14(2)22/h5-12,18H,4,13H2,1-3H3,(H,20,22)/t18-/m1/s1. The van der Waals surface area contributed by atoms with E-state index in [1.807, 2.05) is 24.4 Å². The lowest BCUT2D eigenvalue weighted by atomic mass is 10.0. The number of benzene rings is 1. The van der Waals surface area contributed by atoms with Gasteiger partial charge in [-0.3, -0.25) is 14.7 Å². The Morgan fingerprint density at radius 3 is 2.55 bits per heavy atom. The van der Waals surface area contributed by atoms with Crippen LogP contribution in [0, 0.1) is 0 Å². The van der Waals surface area contributed by atoms with E-state index < -0.39 is 0 Å².